The molecule has 1 aromatic carbocycles. The normalized spacial score (nSPS) is 25.9. The lowest BCUT2D eigenvalue weighted by Gasteiger charge is -2.44. The van der Waals surface area contributed by atoms with Crippen molar-refractivity contribution in [1.29, 1.82) is 0 Å². The number of hydrogen-bond donors (Lipinski definition) is 0. The quantitative estimate of drug-likeness (QED) is 0.425. The Bertz CT molecular complexity index is 926. The van der Waals surface area contributed by atoms with Crippen LogP contribution in [0.3, 0.4) is 0 Å². The van der Waals surface area contributed by atoms with Gasteiger partial charge in [0.15, 0.2) is 12.2 Å². The van der Waals surface area contributed by atoms with Crippen LogP contribution < -0.4 is 4.74 Å². The van der Waals surface area contributed by atoms with Crippen LogP contribution in [0.2, 0.25) is 0 Å². The Balaban J connectivity index is 1.95. The van der Waals surface area contributed by atoms with Crippen LogP contribution in [0.1, 0.15) is 51.7 Å². The number of rotatable bonds is 7. The molecule has 34 heavy (non-hydrogen) atoms. The van der Waals surface area contributed by atoms with Crippen molar-refractivity contribution in [3.63, 3.8) is 0 Å². The van der Waals surface area contributed by atoms with Gasteiger partial charge >= 0.3 is 23.9 Å². The van der Waals surface area contributed by atoms with Crippen molar-refractivity contribution in [2.24, 2.45) is 0 Å². The first-order valence-corrected chi connectivity index (χ1v) is 11.2. The Morgan fingerprint density at radius 3 is 2.00 bits per heavy atom. The van der Waals surface area contributed by atoms with Crippen molar-refractivity contribution >= 4 is 23.9 Å². The zero-order chi connectivity index (χ0) is 24.8. The van der Waals surface area contributed by atoms with Crippen molar-refractivity contribution in [3.05, 3.63) is 29.3 Å². The van der Waals surface area contributed by atoms with Gasteiger partial charge in [-0.25, -0.2) is 0 Å². The highest BCUT2D eigenvalue weighted by atomic mass is 16.7. The molecule has 1 saturated heterocycles. The standard InChI is InChI=1S/C24H30O10/c1-13(25)29-12-20-21(30-14(2)26)22(31-15(3)27)23(32-16(4)28)24(34-20)33-19-10-9-17-7-5-6-8-18(17)11-19/h9-11,20-24H,5-8,12H2,1-4H3/t20-,21-,22+,23-,24-/m1/s1. The van der Waals surface area contributed by atoms with Crippen LogP contribution in [0.15, 0.2) is 18.2 Å². The third-order valence-corrected chi connectivity index (χ3v) is 5.52. The van der Waals surface area contributed by atoms with E-state index in [1.165, 1.54) is 33.3 Å². The molecule has 0 aromatic heterocycles. The summed E-state index contributed by atoms with van der Waals surface area (Å²) in [5.74, 6) is -2.16. The molecule has 1 aliphatic carbocycles. The molecule has 0 bridgehead atoms. The van der Waals surface area contributed by atoms with Gasteiger partial charge in [0.25, 0.3) is 0 Å². The second-order valence-corrected chi connectivity index (χ2v) is 8.32. The maximum Gasteiger partial charge on any atom is 0.303 e. The molecule has 5 atom stereocenters. The largest absolute Gasteiger partial charge is 0.463 e. The average molecular weight is 478 g/mol. The van der Waals surface area contributed by atoms with Crippen molar-refractivity contribution in [2.45, 2.75) is 84.1 Å². The first-order chi connectivity index (χ1) is 16.1. The number of aryl methyl sites for hydroxylation is 2. The van der Waals surface area contributed by atoms with E-state index in [4.69, 9.17) is 28.4 Å². The summed E-state index contributed by atoms with van der Waals surface area (Å²) >= 11 is 0. The summed E-state index contributed by atoms with van der Waals surface area (Å²) in [7, 11) is 0. The van der Waals surface area contributed by atoms with E-state index in [0.29, 0.717) is 5.75 Å². The highest BCUT2D eigenvalue weighted by Crippen LogP contribution is 2.32. The maximum absolute atomic E-state index is 11.9. The Morgan fingerprint density at radius 1 is 0.794 bits per heavy atom. The summed E-state index contributed by atoms with van der Waals surface area (Å²) < 4.78 is 33.3. The summed E-state index contributed by atoms with van der Waals surface area (Å²) in [4.78, 5) is 47.0. The predicted octanol–water partition coefficient (Wildman–Crippen LogP) is 2.03. The van der Waals surface area contributed by atoms with Crippen LogP contribution in [0.25, 0.3) is 0 Å². The number of hydrogen-bond acceptors (Lipinski definition) is 10. The third kappa shape index (κ3) is 6.69. The molecule has 0 radical (unpaired) electrons. The molecular weight excluding hydrogens is 448 g/mol. The molecule has 0 saturated carbocycles. The van der Waals surface area contributed by atoms with E-state index in [1.807, 2.05) is 12.1 Å². The van der Waals surface area contributed by atoms with Crippen LogP contribution in [-0.2, 0) is 55.7 Å². The highest BCUT2D eigenvalue weighted by Gasteiger charge is 2.53. The number of ether oxygens (including phenoxy) is 6. The molecule has 2 aliphatic rings. The third-order valence-electron chi connectivity index (χ3n) is 5.52. The molecule has 10 nitrogen and oxygen atoms in total. The second-order valence-electron chi connectivity index (χ2n) is 8.32. The topological polar surface area (TPSA) is 124 Å². The van der Waals surface area contributed by atoms with Gasteiger partial charge in [-0.3, -0.25) is 19.2 Å². The van der Waals surface area contributed by atoms with Gasteiger partial charge in [-0.1, -0.05) is 6.07 Å². The molecule has 0 amide bonds. The summed E-state index contributed by atoms with van der Waals surface area (Å²) in [6.07, 6.45) is -1.89. The smallest absolute Gasteiger partial charge is 0.303 e. The van der Waals surface area contributed by atoms with Crippen molar-refractivity contribution in [1.82, 2.24) is 0 Å². The fourth-order valence-corrected chi connectivity index (χ4v) is 4.20. The van der Waals surface area contributed by atoms with Gasteiger partial charge in [-0.15, -0.1) is 0 Å². The van der Waals surface area contributed by atoms with E-state index < -0.39 is 54.6 Å². The average Bonchev–Trinajstić information content (AvgIpc) is 2.75. The van der Waals surface area contributed by atoms with Gasteiger partial charge in [0, 0.05) is 27.7 Å². The van der Waals surface area contributed by atoms with E-state index in [-0.39, 0.29) is 6.61 Å². The van der Waals surface area contributed by atoms with E-state index in [0.717, 1.165) is 31.2 Å². The Labute approximate surface area is 197 Å². The molecule has 1 aromatic rings. The SMILES string of the molecule is CC(=O)OC[C@H]1O[C@@H](Oc2ccc3c(c2)CCCC3)[C@H](OC(C)=O)[C@@H](OC(C)=O)[C@@H]1OC(C)=O. The molecule has 186 valence electrons. The summed E-state index contributed by atoms with van der Waals surface area (Å²) in [6, 6.07) is 5.68. The van der Waals surface area contributed by atoms with Gasteiger partial charge in [0.1, 0.15) is 18.5 Å². The van der Waals surface area contributed by atoms with Crippen LogP contribution in [0.4, 0.5) is 0 Å². The molecule has 10 heteroatoms. The fourth-order valence-electron chi connectivity index (χ4n) is 4.20. The lowest BCUT2D eigenvalue weighted by atomic mass is 9.92. The first kappa shape index (κ1) is 25.5. The van der Waals surface area contributed by atoms with E-state index in [9.17, 15) is 19.2 Å². The van der Waals surface area contributed by atoms with Crippen molar-refractivity contribution < 1.29 is 47.6 Å². The second kappa shape index (κ2) is 11.3. The highest BCUT2D eigenvalue weighted by molar-refractivity contribution is 5.68. The minimum atomic E-state index is -1.26. The fraction of sp³-hybridized carbons (Fsp3) is 0.583. The molecule has 1 aliphatic heterocycles. The van der Waals surface area contributed by atoms with Crippen LogP contribution in [0, 0.1) is 0 Å². The molecule has 0 spiro atoms. The first-order valence-electron chi connectivity index (χ1n) is 11.2. The number of carbonyl (C=O) groups excluding carboxylic acids is 4. The molecule has 3 rings (SSSR count). The lowest BCUT2D eigenvalue weighted by molar-refractivity contribution is -0.288. The minimum Gasteiger partial charge on any atom is -0.463 e. The summed E-state index contributed by atoms with van der Waals surface area (Å²) in [5, 5.41) is 0. The van der Waals surface area contributed by atoms with Gasteiger partial charge in [-0.05, 0) is 48.9 Å². The lowest BCUT2D eigenvalue weighted by Crippen LogP contribution is -2.63. The molecule has 1 fully saturated rings. The minimum absolute atomic E-state index is 0.304. The van der Waals surface area contributed by atoms with E-state index in [1.54, 1.807) is 6.07 Å². The van der Waals surface area contributed by atoms with Crippen molar-refractivity contribution in [2.75, 3.05) is 6.61 Å². The van der Waals surface area contributed by atoms with Gasteiger partial charge in [0.2, 0.25) is 12.4 Å². The molecule has 0 unspecified atom stereocenters. The molecule has 0 N–H and O–H groups in total. The number of fused-ring (bicyclic) bond motifs is 1. The maximum atomic E-state index is 11.9. The predicted molar refractivity (Wildman–Crippen MR) is 116 cm³/mol. The van der Waals surface area contributed by atoms with Gasteiger partial charge in [0.05, 0.1) is 0 Å². The molecule has 1 heterocycles. The Morgan fingerprint density at radius 2 is 1.38 bits per heavy atom. The summed E-state index contributed by atoms with van der Waals surface area (Å²) in [5.41, 5.74) is 2.41. The number of benzene rings is 1. The number of esters is 4. The zero-order valence-electron chi connectivity index (χ0n) is 19.7. The van der Waals surface area contributed by atoms with E-state index in [2.05, 4.69) is 0 Å². The monoisotopic (exact) mass is 478 g/mol. The van der Waals surface area contributed by atoms with Crippen LogP contribution in [0.5, 0.6) is 5.75 Å². The Hall–Kier alpha value is -3.14. The zero-order valence-corrected chi connectivity index (χ0v) is 19.7. The van der Waals surface area contributed by atoms with Gasteiger partial charge in [-0.2, -0.15) is 0 Å². The van der Waals surface area contributed by atoms with Crippen molar-refractivity contribution in [3.8, 4) is 5.75 Å². The Kier molecular flexibility index (Phi) is 8.49. The van der Waals surface area contributed by atoms with Crippen LogP contribution in [-0.4, -0.2) is 61.2 Å². The molecular formula is C24H30O10. The van der Waals surface area contributed by atoms with Gasteiger partial charge < -0.3 is 28.4 Å². The van der Waals surface area contributed by atoms with Crippen LogP contribution >= 0.6 is 0 Å². The number of carbonyl (C=O) groups is 4. The van der Waals surface area contributed by atoms with E-state index >= 15 is 0 Å². The summed E-state index contributed by atoms with van der Waals surface area (Å²) in [6.45, 7) is 4.44.